The monoisotopic (exact) mass is 664 g/mol. The second kappa shape index (κ2) is 15.5. The Kier molecular flexibility index (Phi) is 11.5. The molecule has 4 aromatic carbocycles. The predicted octanol–water partition coefficient (Wildman–Crippen LogP) is 4.36. The van der Waals surface area contributed by atoms with Crippen molar-refractivity contribution in [2.24, 2.45) is 11.5 Å². The largest absolute Gasteiger partial charge is 0.519 e. The van der Waals surface area contributed by atoms with E-state index in [1.165, 1.54) is 60.7 Å². The van der Waals surface area contributed by atoms with E-state index in [0.29, 0.717) is 11.1 Å². The molecule has 0 unspecified atom stereocenters. The molecule has 0 fully saturated rings. The van der Waals surface area contributed by atoms with E-state index in [-0.39, 0.29) is 55.5 Å². The van der Waals surface area contributed by atoms with E-state index in [1.54, 1.807) is 24.3 Å². The van der Waals surface area contributed by atoms with Gasteiger partial charge in [-0.3, -0.25) is 0 Å². The highest BCUT2D eigenvalue weighted by Crippen LogP contribution is 2.24. The first kappa shape index (κ1) is 34.2. The molecule has 0 saturated heterocycles. The Hall–Kier alpha value is -6.26. The lowest BCUT2D eigenvalue weighted by atomic mass is 10.2. The summed E-state index contributed by atoms with van der Waals surface area (Å²) in [6, 6.07) is 20.0. The number of rotatable bonds is 8. The maximum atomic E-state index is 11.7. The number of aromatic carboxylic acids is 2. The molecule has 0 aromatic heterocycles. The van der Waals surface area contributed by atoms with Gasteiger partial charge in [0.15, 0.2) is 0 Å². The summed E-state index contributed by atoms with van der Waals surface area (Å²) in [5.74, 6) is -2.50. The van der Waals surface area contributed by atoms with Crippen molar-refractivity contribution in [2.75, 3.05) is 11.5 Å². The van der Waals surface area contributed by atoms with Crippen LogP contribution in [0.1, 0.15) is 31.8 Å². The van der Waals surface area contributed by atoms with Crippen LogP contribution in [0.3, 0.4) is 0 Å². The molecule has 0 aliphatic rings. The number of carbonyl (C=O) groups is 4. The van der Waals surface area contributed by atoms with Crippen molar-refractivity contribution in [3.05, 3.63) is 107 Å². The van der Waals surface area contributed by atoms with Gasteiger partial charge < -0.3 is 52.1 Å². The number of hydrogen-bond donors (Lipinski definition) is 6. The van der Waals surface area contributed by atoms with Crippen molar-refractivity contribution < 1.29 is 48.3 Å². The number of carboxylic acid groups (broad SMARTS) is 2. The summed E-state index contributed by atoms with van der Waals surface area (Å²) in [6.45, 7) is 0. The van der Waals surface area contributed by atoms with Gasteiger partial charge in [0.05, 0.1) is 0 Å². The van der Waals surface area contributed by atoms with Crippen LogP contribution in [-0.4, -0.2) is 44.4 Å². The normalized spacial score (nSPS) is 9.91. The molecule has 14 nitrogen and oxygen atoms in total. The Balaban J connectivity index is 0.000000250. The summed E-state index contributed by atoms with van der Waals surface area (Å²) in [5, 5.41) is 18.1. The molecular weight excluding hydrogens is 640 g/mol. The van der Waals surface area contributed by atoms with E-state index in [2.05, 4.69) is 0 Å². The van der Waals surface area contributed by atoms with E-state index in [4.69, 9.17) is 76.5 Å². The molecule has 0 aliphatic carbocycles. The molecular formula is C30H24N4O10S2. The van der Waals surface area contributed by atoms with E-state index in [9.17, 15) is 19.2 Å². The zero-order valence-electron chi connectivity index (χ0n) is 23.4. The van der Waals surface area contributed by atoms with Gasteiger partial charge in [-0.2, -0.15) is 0 Å². The van der Waals surface area contributed by atoms with Crippen LogP contribution in [-0.2, 0) is 0 Å². The summed E-state index contributed by atoms with van der Waals surface area (Å²) in [7, 11) is 0. The first-order chi connectivity index (χ1) is 21.7. The lowest BCUT2D eigenvalue weighted by Gasteiger charge is -2.09. The lowest BCUT2D eigenvalue weighted by molar-refractivity contribution is 0.0681. The standard InChI is InChI=1S/2C15H12N2O5S/c2*16-9-3-6-12(11(7-9)14(18)19)22-15(20)21-10-4-1-8(2-5-10)13(17)23/h2*1-7H,16H2,(H2,17,23)(H,18,19). The maximum Gasteiger partial charge on any atom is 0.519 e. The predicted molar refractivity (Wildman–Crippen MR) is 174 cm³/mol. The summed E-state index contributed by atoms with van der Waals surface area (Å²) in [4.78, 5) is 46.1. The summed E-state index contributed by atoms with van der Waals surface area (Å²) < 4.78 is 19.7. The van der Waals surface area contributed by atoms with Crippen molar-refractivity contribution in [1.29, 1.82) is 0 Å². The molecule has 46 heavy (non-hydrogen) atoms. The molecule has 0 aliphatic heterocycles. The number of benzene rings is 4. The number of thiocarbonyl (C=S) groups is 2. The smallest absolute Gasteiger partial charge is 0.478 e. The van der Waals surface area contributed by atoms with Crippen LogP contribution in [0.25, 0.3) is 0 Å². The van der Waals surface area contributed by atoms with E-state index < -0.39 is 24.2 Å². The third-order valence-electron chi connectivity index (χ3n) is 5.53. The van der Waals surface area contributed by atoms with Gasteiger partial charge in [-0.15, -0.1) is 0 Å². The zero-order chi connectivity index (χ0) is 34.0. The van der Waals surface area contributed by atoms with Gasteiger partial charge in [0, 0.05) is 22.5 Å². The molecule has 0 spiro atoms. The molecule has 0 bridgehead atoms. The molecule has 10 N–H and O–H groups in total. The van der Waals surface area contributed by atoms with E-state index in [0.717, 1.165) is 0 Å². The van der Waals surface area contributed by atoms with Crippen LogP contribution >= 0.6 is 24.4 Å². The summed E-state index contributed by atoms with van der Waals surface area (Å²) in [6.07, 6.45) is -2.17. The summed E-state index contributed by atoms with van der Waals surface area (Å²) in [5.41, 5.74) is 23.1. The Morgan fingerprint density at radius 1 is 0.522 bits per heavy atom. The Morgan fingerprint density at radius 2 is 0.848 bits per heavy atom. The van der Waals surface area contributed by atoms with Gasteiger partial charge in [-0.1, -0.05) is 24.4 Å². The SMILES string of the molecule is NC(=S)c1ccc(OC(=O)Oc2ccc(N)cc2C(=O)O)cc1.NC(=S)c1ccc(OC(=O)Oc2ccc(N)cc2C(=O)O)cc1. The molecule has 0 saturated carbocycles. The van der Waals surface area contributed by atoms with Crippen LogP contribution in [0.15, 0.2) is 84.9 Å². The second-order valence-electron chi connectivity index (χ2n) is 8.81. The van der Waals surface area contributed by atoms with Gasteiger partial charge in [0.2, 0.25) is 0 Å². The minimum Gasteiger partial charge on any atom is -0.478 e. The van der Waals surface area contributed by atoms with Crippen molar-refractivity contribution in [3.63, 3.8) is 0 Å². The van der Waals surface area contributed by atoms with Crippen molar-refractivity contribution in [3.8, 4) is 23.0 Å². The van der Waals surface area contributed by atoms with Gasteiger partial charge in [-0.05, 0) is 84.9 Å². The minimum atomic E-state index is -1.28. The number of carboxylic acids is 2. The van der Waals surface area contributed by atoms with Crippen LogP contribution in [0.2, 0.25) is 0 Å². The number of hydrogen-bond acceptors (Lipinski definition) is 12. The average Bonchev–Trinajstić information content (AvgIpc) is 2.99. The maximum absolute atomic E-state index is 11.7. The van der Waals surface area contributed by atoms with Crippen LogP contribution in [0, 0.1) is 0 Å². The van der Waals surface area contributed by atoms with Crippen LogP contribution < -0.4 is 41.9 Å². The highest BCUT2D eigenvalue weighted by molar-refractivity contribution is 7.80. The number of anilines is 2. The number of nitrogens with two attached hydrogens (primary N) is 4. The van der Waals surface area contributed by atoms with Gasteiger partial charge in [0.1, 0.15) is 44.1 Å². The highest BCUT2D eigenvalue weighted by atomic mass is 32.1. The fourth-order valence-corrected chi connectivity index (χ4v) is 3.67. The third-order valence-corrected chi connectivity index (χ3v) is 6.01. The fraction of sp³-hybridized carbons (Fsp3) is 0. The first-order valence-corrected chi connectivity index (χ1v) is 13.4. The molecule has 16 heteroatoms. The Bertz CT molecular complexity index is 1680. The number of nitrogen functional groups attached to an aromatic ring is 2. The fourth-order valence-electron chi connectivity index (χ4n) is 3.40. The van der Waals surface area contributed by atoms with Gasteiger partial charge in [0.25, 0.3) is 0 Å². The highest BCUT2D eigenvalue weighted by Gasteiger charge is 2.18. The van der Waals surface area contributed by atoms with Crippen LogP contribution in [0.4, 0.5) is 21.0 Å². The third kappa shape index (κ3) is 9.90. The number of ether oxygens (including phenoxy) is 4. The molecule has 0 amide bonds. The summed E-state index contributed by atoms with van der Waals surface area (Å²) >= 11 is 9.62. The molecule has 0 atom stereocenters. The van der Waals surface area contributed by atoms with Gasteiger partial charge in [-0.25, -0.2) is 19.2 Å². The average molecular weight is 665 g/mol. The van der Waals surface area contributed by atoms with E-state index in [1.807, 2.05) is 0 Å². The van der Waals surface area contributed by atoms with Crippen molar-refractivity contribution in [1.82, 2.24) is 0 Å². The molecule has 0 radical (unpaired) electrons. The number of carbonyl (C=O) groups excluding carboxylic acids is 2. The second-order valence-corrected chi connectivity index (χ2v) is 9.69. The lowest BCUT2D eigenvalue weighted by Crippen LogP contribution is -2.16. The Labute approximate surface area is 271 Å². The molecule has 236 valence electrons. The van der Waals surface area contributed by atoms with Crippen molar-refractivity contribution in [2.45, 2.75) is 0 Å². The zero-order valence-corrected chi connectivity index (χ0v) is 25.0. The molecule has 0 heterocycles. The Morgan fingerprint density at radius 3 is 1.13 bits per heavy atom. The molecule has 4 rings (SSSR count). The molecule has 4 aromatic rings. The first-order valence-electron chi connectivity index (χ1n) is 12.6. The quantitative estimate of drug-likeness (QED) is 0.0662. The van der Waals surface area contributed by atoms with Crippen molar-refractivity contribution >= 4 is 70.0 Å². The van der Waals surface area contributed by atoms with Gasteiger partial charge >= 0.3 is 24.2 Å². The minimum absolute atomic E-state index is 0.170. The van der Waals surface area contributed by atoms with Crippen LogP contribution in [0.5, 0.6) is 23.0 Å². The topological polar surface area (TPSA) is 250 Å². The van der Waals surface area contributed by atoms with E-state index >= 15 is 0 Å².